The van der Waals surface area contributed by atoms with Gasteiger partial charge in [0, 0.05) is 5.69 Å². The van der Waals surface area contributed by atoms with Crippen LogP contribution in [0.5, 0.6) is 11.5 Å². The van der Waals surface area contributed by atoms with Crippen molar-refractivity contribution in [3.8, 4) is 17.2 Å². The monoisotopic (exact) mass is 471 g/mol. The van der Waals surface area contributed by atoms with E-state index in [1.807, 2.05) is 73.0 Å². The number of para-hydroxylation sites is 1. The lowest BCUT2D eigenvalue weighted by Crippen LogP contribution is -2.31. The number of benzene rings is 3. The van der Waals surface area contributed by atoms with Gasteiger partial charge in [-0.25, -0.2) is 9.78 Å². The SMILES string of the molecule is Cc1nc2cc(C(=O)OCC(=O)NC(C)c3ccc4c(c3)OCCO4)ccc2n1-c1ccccc1. The van der Waals surface area contributed by atoms with Crippen molar-refractivity contribution < 1.29 is 23.8 Å². The second-order valence-electron chi connectivity index (χ2n) is 8.30. The Morgan fingerprint density at radius 1 is 1.03 bits per heavy atom. The highest BCUT2D eigenvalue weighted by Gasteiger charge is 2.18. The second-order valence-corrected chi connectivity index (χ2v) is 8.30. The summed E-state index contributed by atoms with van der Waals surface area (Å²) in [5.74, 6) is 1.17. The molecule has 8 heteroatoms. The van der Waals surface area contributed by atoms with E-state index < -0.39 is 11.9 Å². The van der Waals surface area contributed by atoms with E-state index in [1.54, 1.807) is 12.1 Å². The van der Waals surface area contributed by atoms with E-state index in [1.165, 1.54) is 0 Å². The largest absolute Gasteiger partial charge is 0.486 e. The van der Waals surface area contributed by atoms with Crippen LogP contribution in [0, 0.1) is 6.92 Å². The highest BCUT2D eigenvalue weighted by atomic mass is 16.6. The average molecular weight is 472 g/mol. The fraction of sp³-hybridized carbons (Fsp3) is 0.222. The molecule has 0 fully saturated rings. The van der Waals surface area contributed by atoms with Gasteiger partial charge in [0.15, 0.2) is 18.1 Å². The van der Waals surface area contributed by atoms with Crippen molar-refractivity contribution >= 4 is 22.9 Å². The first-order chi connectivity index (χ1) is 17.0. The number of nitrogens with zero attached hydrogens (tertiary/aromatic N) is 2. The summed E-state index contributed by atoms with van der Waals surface area (Å²) in [6.07, 6.45) is 0. The third-order valence-electron chi connectivity index (χ3n) is 5.85. The van der Waals surface area contributed by atoms with E-state index >= 15 is 0 Å². The molecule has 0 saturated carbocycles. The Hall–Kier alpha value is -4.33. The lowest BCUT2D eigenvalue weighted by molar-refractivity contribution is -0.124. The number of rotatable bonds is 6. The first-order valence-corrected chi connectivity index (χ1v) is 11.4. The summed E-state index contributed by atoms with van der Waals surface area (Å²) >= 11 is 0. The van der Waals surface area contributed by atoms with Crippen LogP contribution in [0.2, 0.25) is 0 Å². The summed E-state index contributed by atoms with van der Waals surface area (Å²) in [6, 6.07) is 20.3. The van der Waals surface area contributed by atoms with Gasteiger partial charge in [-0.2, -0.15) is 0 Å². The molecule has 0 aliphatic carbocycles. The van der Waals surface area contributed by atoms with Crippen LogP contribution in [0.25, 0.3) is 16.7 Å². The van der Waals surface area contributed by atoms with Gasteiger partial charge in [-0.3, -0.25) is 9.36 Å². The number of hydrogen-bond acceptors (Lipinski definition) is 6. The van der Waals surface area contributed by atoms with Gasteiger partial charge in [0.25, 0.3) is 5.91 Å². The third kappa shape index (κ3) is 4.68. The number of carbonyl (C=O) groups excluding carboxylic acids is 2. The molecular formula is C27H25N3O5. The molecular weight excluding hydrogens is 446 g/mol. The number of aromatic nitrogens is 2. The van der Waals surface area contributed by atoms with Gasteiger partial charge in [-0.1, -0.05) is 24.3 Å². The highest BCUT2D eigenvalue weighted by Crippen LogP contribution is 2.32. The minimum Gasteiger partial charge on any atom is -0.486 e. The van der Waals surface area contributed by atoms with Crippen LogP contribution >= 0.6 is 0 Å². The van der Waals surface area contributed by atoms with Crippen molar-refractivity contribution in [1.82, 2.24) is 14.9 Å². The van der Waals surface area contributed by atoms with Crippen molar-refractivity contribution in [2.24, 2.45) is 0 Å². The molecule has 5 rings (SSSR count). The Morgan fingerprint density at radius 3 is 2.60 bits per heavy atom. The van der Waals surface area contributed by atoms with Crippen molar-refractivity contribution in [3.63, 3.8) is 0 Å². The Kier molecular flexibility index (Phi) is 6.10. The second kappa shape index (κ2) is 9.50. The average Bonchev–Trinajstić information content (AvgIpc) is 3.22. The summed E-state index contributed by atoms with van der Waals surface area (Å²) in [7, 11) is 0. The number of esters is 1. The van der Waals surface area contributed by atoms with E-state index in [-0.39, 0.29) is 12.6 Å². The van der Waals surface area contributed by atoms with Crippen LogP contribution in [-0.4, -0.2) is 41.2 Å². The fourth-order valence-corrected chi connectivity index (χ4v) is 4.14. The molecule has 0 saturated heterocycles. The maximum atomic E-state index is 12.6. The number of fused-ring (bicyclic) bond motifs is 2. The number of amides is 1. The number of nitrogens with one attached hydrogen (secondary N) is 1. The summed E-state index contributed by atoms with van der Waals surface area (Å²) in [5, 5.41) is 2.84. The quantitative estimate of drug-likeness (QED) is 0.425. The zero-order valence-electron chi connectivity index (χ0n) is 19.5. The molecule has 8 nitrogen and oxygen atoms in total. The summed E-state index contributed by atoms with van der Waals surface area (Å²) in [6.45, 7) is 4.39. The first-order valence-electron chi connectivity index (χ1n) is 11.4. The highest BCUT2D eigenvalue weighted by molar-refractivity contribution is 5.95. The minimum absolute atomic E-state index is 0.293. The smallest absolute Gasteiger partial charge is 0.338 e. The molecule has 35 heavy (non-hydrogen) atoms. The Balaban J connectivity index is 1.22. The molecule has 1 amide bonds. The third-order valence-corrected chi connectivity index (χ3v) is 5.85. The zero-order chi connectivity index (χ0) is 24.4. The van der Waals surface area contributed by atoms with Crippen LogP contribution < -0.4 is 14.8 Å². The number of imidazole rings is 1. The maximum Gasteiger partial charge on any atom is 0.338 e. The van der Waals surface area contributed by atoms with Crippen LogP contribution in [0.3, 0.4) is 0 Å². The predicted molar refractivity (Wildman–Crippen MR) is 130 cm³/mol. The van der Waals surface area contributed by atoms with Crippen LogP contribution in [0.1, 0.15) is 34.7 Å². The van der Waals surface area contributed by atoms with Crippen LogP contribution in [0.15, 0.2) is 66.7 Å². The van der Waals surface area contributed by atoms with Gasteiger partial charge < -0.3 is 19.5 Å². The van der Waals surface area contributed by atoms with Crippen LogP contribution in [-0.2, 0) is 9.53 Å². The Labute approximate surface area is 202 Å². The fourth-order valence-electron chi connectivity index (χ4n) is 4.14. The molecule has 0 spiro atoms. The molecule has 0 bridgehead atoms. The van der Waals surface area contributed by atoms with Gasteiger partial charge in [-0.05, 0) is 61.9 Å². The zero-order valence-corrected chi connectivity index (χ0v) is 19.5. The molecule has 2 heterocycles. The lowest BCUT2D eigenvalue weighted by Gasteiger charge is -2.21. The molecule has 1 aliphatic heterocycles. The number of aryl methyl sites for hydroxylation is 1. The van der Waals surface area contributed by atoms with Gasteiger partial charge >= 0.3 is 5.97 Å². The van der Waals surface area contributed by atoms with Crippen molar-refractivity contribution in [2.45, 2.75) is 19.9 Å². The van der Waals surface area contributed by atoms with Crippen molar-refractivity contribution in [2.75, 3.05) is 19.8 Å². The topological polar surface area (TPSA) is 91.7 Å². The maximum absolute atomic E-state index is 12.6. The van der Waals surface area contributed by atoms with E-state index in [2.05, 4.69) is 10.3 Å². The van der Waals surface area contributed by atoms with E-state index in [0.29, 0.717) is 35.8 Å². The van der Waals surface area contributed by atoms with Gasteiger partial charge in [0.05, 0.1) is 22.6 Å². The van der Waals surface area contributed by atoms with Crippen LogP contribution in [0.4, 0.5) is 0 Å². The standard InChI is InChI=1S/C27H25N3O5/c1-17(19-9-11-24-25(15-19)34-13-12-33-24)28-26(31)16-35-27(32)20-8-10-23-22(14-20)29-18(2)30(23)21-6-4-3-5-7-21/h3-11,14-15,17H,12-13,16H2,1-2H3,(H,28,31). The Bertz CT molecular complexity index is 1400. The molecule has 1 unspecified atom stereocenters. The molecule has 1 atom stereocenters. The van der Waals surface area contributed by atoms with Gasteiger partial charge in [0.2, 0.25) is 0 Å². The van der Waals surface area contributed by atoms with E-state index in [4.69, 9.17) is 14.2 Å². The summed E-state index contributed by atoms with van der Waals surface area (Å²) in [5.41, 5.74) is 3.76. The molecule has 1 aliphatic rings. The number of carbonyl (C=O) groups is 2. The summed E-state index contributed by atoms with van der Waals surface area (Å²) < 4.78 is 18.4. The molecule has 178 valence electrons. The lowest BCUT2D eigenvalue weighted by atomic mass is 10.1. The normalized spacial score (nSPS) is 13.3. The summed E-state index contributed by atoms with van der Waals surface area (Å²) in [4.78, 5) is 29.6. The van der Waals surface area contributed by atoms with Crippen molar-refractivity contribution in [1.29, 1.82) is 0 Å². The Morgan fingerprint density at radius 2 is 1.80 bits per heavy atom. The minimum atomic E-state index is -0.582. The van der Waals surface area contributed by atoms with Gasteiger partial charge in [-0.15, -0.1) is 0 Å². The van der Waals surface area contributed by atoms with Crippen molar-refractivity contribution in [3.05, 3.63) is 83.7 Å². The molecule has 3 aromatic carbocycles. The molecule has 1 aromatic heterocycles. The predicted octanol–water partition coefficient (Wildman–Crippen LogP) is 4.14. The first kappa shape index (κ1) is 22.5. The molecule has 0 radical (unpaired) electrons. The van der Waals surface area contributed by atoms with E-state index in [0.717, 1.165) is 22.6 Å². The molecule has 1 N–H and O–H groups in total. The molecule has 4 aromatic rings. The number of hydrogen-bond donors (Lipinski definition) is 1. The van der Waals surface area contributed by atoms with E-state index in [9.17, 15) is 9.59 Å². The van der Waals surface area contributed by atoms with Gasteiger partial charge in [0.1, 0.15) is 19.0 Å². The number of ether oxygens (including phenoxy) is 3.